The normalized spacial score (nSPS) is 21.7. The lowest BCUT2D eigenvalue weighted by Crippen LogP contribution is -2.37. The Morgan fingerprint density at radius 1 is 1.26 bits per heavy atom. The molecule has 0 spiro atoms. The highest BCUT2D eigenvalue weighted by atomic mass is 16.4. The Hall–Kier alpha value is -1.58. The minimum absolute atomic E-state index is 0.0311. The number of ketones is 1. The van der Waals surface area contributed by atoms with Gasteiger partial charge in [0.1, 0.15) is 5.76 Å². The number of hydrogen-bond donors (Lipinski definition) is 0. The molecular formula is C19H27NO3. The Labute approximate surface area is 138 Å². The molecule has 0 radical (unpaired) electrons. The highest BCUT2D eigenvalue weighted by molar-refractivity contribution is 6.03. The first-order chi connectivity index (χ1) is 10.8. The van der Waals surface area contributed by atoms with Crippen LogP contribution in [0.3, 0.4) is 0 Å². The molecule has 1 saturated heterocycles. The van der Waals surface area contributed by atoms with Crippen LogP contribution in [0.1, 0.15) is 85.1 Å². The van der Waals surface area contributed by atoms with Gasteiger partial charge in [0.2, 0.25) is 0 Å². The van der Waals surface area contributed by atoms with Crippen molar-refractivity contribution in [1.29, 1.82) is 0 Å². The maximum Gasteiger partial charge on any atom is 0.290 e. The first kappa shape index (κ1) is 16.3. The standard InChI is InChI=1S/C19H27NO3/c1-12-16-14(21)8-5-9-15(16)23-17(12)18(22)20-10-6-7-13(20)11-19(2,3)4/h13H,5-11H2,1-4H3. The zero-order valence-electron chi connectivity index (χ0n) is 14.7. The lowest BCUT2D eigenvalue weighted by Gasteiger charge is -2.30. The van der Waals surface area contributed by atoms with E-state index in [1.165, 1.54) is 0 Å². The molecule has 1 aliphatic carbocycles. The largest absolute Gasteiger partial charge is 0.455 e. The lowest BCUT2D eigenvalue weighted by molar-refractivity contribution is 0.0668. The highest BCUT2D eigenvalue weighted by Gasteiger charge is 2.36. The number of carbonyl (C=O) groups is 2. The highest BCUT2D eigenvalue weighted by Crippen LogP contribution is 2.34. The Balaban J connectivity index is 1.87. The summed E-state index contributed by atoms with van der Waals surface area (Å²) in [6, 6.07) is 0.278. The van der Waals surface area contributed by atoms with E-state index >= 15 is 0 Å². The molecule has 1 aromatic rings. The number of amides is 1. The van der Waals surface area contributed by atoms with Gasteiger partial charge in [-0.3, -0.25) is 9.59 Å². The molecule has 4 nitrogen and oxygen atoms in total. The van der Waals surface area contributed by atoms with Crippen LogP contribution in [0.2, 0.25) is 0 Å². The fraction of sp³-hybridized carbons (Fsp3) is 0.684. The number of rotatable bonds is 2. The van der Waals surface area contributed by atoms with Gasteiger partial charge in [-0.1, -0.05) is 20.8 Å². The zero-order valence-corrected chi connectivity index (χ0v) is 14.7. The average Bonchev–Trinajstić information content (AvgIpc) is 3.02. The number of aryl methyl sites for hydroxylation is 1. The molecule has 0 saturated carbocycles. The van der Waals surface area contributed by atoms with Crippen molar-refractivity contribution in [1.82, 2.24) is 4.90 Å². The van der Waals surface area contributed by atoms with Crippen molar-refractivity contribution in [3.05, 3.63) is 22.6 Å². The summed E-state index contributed by atoms with van der Waals surface area (Å²) in [6.45, 7) is 9.28. The molecule has 0 aromatic carbocycles. The Bertz CT molecular complexity index is 636. The molecule has 126 valence electrons. The van der Waals surface area contributed by atoms with Gasteiger partial charge >= 0.3 is 0 Å². The third kappa shape index (κ3) is 3.08. The quantitative estimate of drug-likeness (QED) is 0.823. The van der Waals surface area contributed by atoms with Crippen LogP contribution < -0.4 is 0 Å². The SMILES string of the molecule is Cc1c(C(=O)N2CCCC2CC(C)(C)C)oc2c1C(=O)CCC2. The monoisotopic (exact) mass is 317 g/mol. The fourth-order valence-electron chi connectivity index (χ4n) is 4.01. The summed E-state index contributed by atoms with van der Waals surface area (Å²) >= 11 is 0. The predicted octanol–water partition coefficient (Wildman–Crippen LogP) is 4.15. The van der Waals surface area contributed by atoms with Crippen LogP contribution in [0, 0.1) is 12.3 Å². The van der Waals surface area contributed by atoms with Crippen molar-refractivity contribution in [3.63, 3.8) is 0 Å². The molecule has 1 aliphatic heterocycles. The van der Waals surface area contributed by atoms with Crippen LogP contribution in [0.15, 0.2) is 4.42 Å². The first-order valence-corrected chi connectivity index (χ1v) is 8.74. The van der Waals surface area contributed by atoms with E-state index in [4.69, 9.17) is 4.42 Å². The summed E-state index contributed by atoms with van der Waals surface area (Å²) in [5.74, 6) is 1.20. The van der Waals surface area contributed by atoms with E-state index in [2.05, 4.69) is 20.8 Å². The van der Waals surface area contributed by atoms with Crippen LogP contribution in [-0.2, 0) is 6.42 Å². The van der Waals surface area contributed by atoms with Crippen molar-refractivity contribution in [2.24, 2.45) is 5.41 Å². The molecule has 1 aromatic heterocycles. The van der Waals surface area contributed by atoms with E-state index in [0.29, 0.717) is 23.5 Å². The second kappa shape index (κ2) is 5.81. The van der Waals surface area contributed by atoms with Gasteiger partial charge in [0, 0.05) is 31.0 Å². The fourth-order valence-corrected chi connectivity index (χ4v) is 4.01. The maximum atomic E-state index is 13.0. The molecule has 2 heterocycles. The maximum absolute atomic E-state index is 13.0. The molecule has 1 unspecified atom stereocenters. The van der Waals surface area contributed by atoms with Gasteiger partial charge in [0.05, 0.1) is 5.56 Å². The van der Waals surface area contributed by atoms with Gasteiger partial charge in [-0.05, 0) is 38.0 Å². The van der Waals surface area contributed by atoms with Gasteiger partial charge < -0.3 is 9.32 Å². The van der Waals surface area contributed by atoms with E-state index < -0.39 is 0 Å². The number of hydrogen-bond acceptors (Lipinski definition) is 3. The Morgan fingerprint density at radius 3 is 2.65 bits per heavy atom. The van der Waals surface area contributed by atoms with Gasteiger partial charge in [-0.15, -0.1) is 0 Å². The summed E-state index contributed by atoms with van der Waals surface area (Å²) in [6.07, 6.45) is 5.25. The molecule has 0 N–H and O–H groups in total. The van der Waals surface area contributed by atoms with Gasteiger partial charge in [0.15, 0.2) is 11.5 Å². The van der Waals surface area contributed by atoms with E-state index in [0.717, 1.165) is 44.2 Å². The summed E-state index contributed by atoms with van der Waals surface area (Å²) in [5.41, 5.74) is 1.61. The average molecular weight is 317 g/mol. The van der Waals surface area contributed by atoms with Crippen LogP contribution in [0.25, 0.3) is 0 Å². The van der Waals surface area contributed by atoms with E-state index in [9.17, 15) is 9.59 Å². The summed E-state index contributed by atoms with van der Waals surface area (Å²) in [7, 11) is 0. The zero-order chi connectivity index (χ0) is 16.8. The van der Waals surface area contributed by atoms with Crippen LogP contribution >= 0.6 is 0 Å². The lowest BCUT2D eigenvalue weighted by atomic mass is 9.87. The summed E-state index contributed by atoms with van der Waals surface area (Å²) in [4.78, 5) is 27.1. The molecule has 3 rings (SSSR count). The summed E-state index contributed by atoms with van der Waals surface area (Å²) in [5, 5.41) is 0. The number of likely N-dealkylation sites (tertiary alicyclic amines) is 1. The third-order valence-corrected chi connectivity index (χ3v) is 4.99. The van der Waals surface area contributed by atoms with Crippen LogP contribution in [0.4, 0.5) is 0 Å². The minimum atomic E-state index is -0.0311. The van der Waals surface area contributed by atoms with Crippen LogP contribution in [-0.4, -0.2) is 29.2 Å². The molecule has 4 heteroatoms. The third-order valence-electron chi connectivity index (χ3n) is 4.99. The summed E-state index contributed by atoms with van der Waals surface area (Å²) < 4.78 is 5.85. The van der Waals surface area contributed by atoms with E-state index in [1.54, 1.807) is 0 Å². The second-order valence-corrected chi connectivity index (χ2v) is 8.19. The molecule has 1 atom stereocenters. The number of furan rings is 1. The van der Waals surface area contributed by atoms with Crippen LogP contribution in [0.5, 0.6) is 0 Å². The van der Waals surface area contributed by atoms with Crippen molar-refractivity contribution in [2.75, 3.05) is 6.54 Å². The number of Topliss-reactive ketones (excluding diaryl/α,β-unsaturated/α-hetero) is 1. The molecule has 1 amide bonds. The molecule has 2 aliphatic rings. The topological polar surface area (TPSA) is 50.5 Å². The Kier molecular flexibility index (Phi) is 4.11. The van der Waals surface area contributed by atoms with E-state index in [1.807, 2.05) is 11.8 Å². The Morgan fingerprint density at radius 2 is 2.00 bits per heavy atom. The number of carbonyl (C=O) groups excluding carboxylic acids is 2. The molecular weight excluding hydrogens is 290 g/mol. The number of fused-ring (bicyclic) bond motifs is 1. The van der Waals surface area contributed by atoms with Gasteiger partial charge in [-0.2, -0.15) is 0 Å². The first-order valence-electron chi connectivity index (χ1n) is 8.74. The smallest absolute Gasteiger partial charge is 0.290 e. The van der Waals surface area contributed by atoms with Crippen molar-refractivity contribution in [3.8, 4) is 0 Å². The predicted molar refractivity (Wildman–Crippen MR) is 88.8 cm³/mol. The second-order valence-electron chi connectivity index (χ2n) is 8.19. The van der Waals surface area contributed by atoms with Gasteiger partial charge in [0.25, 0.3) is 5.91 Å². The molecule has 23 heavy (non-hydrogen) atoms. The van der Waals surface area contributed by atoms with Crippen molar-refractivity contribution < 1.29 is 14.0 Å². The van der Waals surface area contributed by atoms with Crippen molar-refractivity contribution >= 4 is 11.7 Å². The van der Waals surface area contributed by atoms with E-state index in [-0.39, 0.29) is 23.1 Å². The molecule has 0 bridgehead atoms. The van der Waals surface area contributed by atoms with Crippen molar-refractivity contribution in [2.45, 2.75) is 72.3 Å². The molecule has 1 fully saturated rings. The number of nitrogens with zero attached hydrogens (tertiary/aromatic N) is 1. The minimum Gasteiger partial charge on any atom is -0.455 e. The van der Waals surface area contributed by atoms with Gasteiger partial charge in [-0.25, -0.2) is 0 Å².